The SMILES string of the molecule is CC1CCCCN1CCCNCC(O)CNC(=O)CS(C)(=O)=O. The van der Waals surface area contributed by atoms with E-state index in [9.17, 15) is 18.3 Å². The predicted molar refractivity (Wildman–Crippen MR) is 91.1 cm³/mol. The molecule has 2 unspecified atom stereocenters. The lowest BCUT2D eigenvalue weighted by molar-refractivity contribution is -0.119. The van der Waals surface area contributed by atoms with Crippen LogP contribution in [0.15, 0.2) is 0 Å². The van der Waals surface area contributed by atoms with Gasteiger partial charge >= 0.3 is 0 Å². The van der Waals surface area contributed by atoms with Crippen LogP contribution in [0.2, 0.25) is 0 Å². The number of nitrogens with one attached hydrogen (secondary N) is 2. The van der Waals surface area contributed by atoms with Gasteiger partial charge in [0.2, 0.25) is 5.91 Å². The fraction of sp³-hybridized carbons (Fsp3) is 0.933. The Labute approximate surface area is 139 Å². The monoisotopic (exact) mass is 349 g/mol. The standard InChI is InChI=1S/C15H31N3O4S/c1-13-6-3-4-8-18(13)9-5-7-16-10-14(19)11-17-15(20)12-23(2,21)22/h13-14,16,19H,3-12H2,1-2H3,(H,17,20). The summed E-state index contributed by atoms with van der Waals surface area (Å²) in [5.41, 5.74) is 0. The average molecular weight is 349 g/mol. The zero-order valence-corrected chi connectivity index (χ0v) is 15.1. The Morgan fingerprint density at radius 1 is 1.35 bits per heavy atom. The molecular weight excluding hydrogens is 318 g/mol. The number of carbonyl (C=O) groups excluding carboxylic acids is 1. The summed E-state index contributed by atoms with van der Waals surface area (Å²) in [7, 11) is -3.32. The van der Waals surface area contributed by atoms with E-state index in [1.165, 1.54) is 25.8 Å². The molecule has 1 aliphatic heterocycles. The lowest BCUT2D eigenvalue weighted by atomic mass is 10.0. The number of likely N-dealkylation sites (tertiary alicyclic amines) is 1. The zero-order chi connectivity index (χ0) is 17.3. The lowest BCUT2D eigenvalue weighted by Gasteiger charge is -2.33. The quantitative estimate of drug-likeness (QED) is 0.454. The first-order valence-electron chi connectivity index (χ1n) is 8.35. The third-order valence-electron chi connectivity index (χ3n) is 4.05. The normalized spacial score (nSPS) is 21.1. The highest BCUT2D eigenvalue weighted by molar-refractivity contribution is 7.91. The molecule has 1 saturated heterocycles. The summed E-state index contributed by atoms with van der Waals surface area (Å²) in [4.78, 5) is 13.8. The Balaban J connectivity index is 2.03. The van der Waals surface area contributed by atoms with Gasteiger partial charge in [-0.1, -0.05) is 6.42 Å². The minimum atomic E-state index is -3.32. The number of carbonyl (C=O) groups is 1. The Bertz CT molecular complexity index is 456. The molecule has 0 saturated carbocycles. The molecule has 2 atom stereocenters. The van der Waals surface area contributed by atoms with Crippen molar-refractivity contribution in [1.82, 2.24) is 15.5 Å². The number of sulfone groups is 1. The fourth-order valence-corrected chi connectivity index (χ4v) is 3.34. The van der Waals surface area contributed by atoms with Crippen LogP contribution in [0.25, 0.3) is 0 Å². The molecule has 1 amide bonds. The largest absolute Gasteiger partial charge is 0.390 e. The summed E-state index contributed by atoms with van der Waals surface area (Å²) in [6, 6.07) is 0.666. The second-order valence-electron chi connectivity index (χ2n) is 6.47. The number of hydrogen-bond donors (Lipinski definition) is 3. The minimum Gasteiger partial charge on any atom is -0.390 e. The molecule has 0 aromatic carbocycles. The van der Waals surface area contributed by atoms with E-state index in [0.29, 0.717) is 12.6 Å². The van der Waals surface area contributed by atoms with Crippen LogP contribution in [0, 0.1) is 0 Å². The van der Waals surface area contributed by atoms with Crippen LogP contribution in [0.3, 0.4) is 0 Å². The van der Waals surface area contributed by atoms with Crippen molar-refractivity contribution in [3.63, 3.8) is 0 Å². The van der Waals surface area contributed by atoms with Gasteiger partial charge in [0.25, 0.3) is 0 Å². The third-order valence-corrected chi connectivity index (χ3v) is 4.83. The summed E-state index contributed by atoms with van der Waals surface area (Å²) in [5.74, 6) is -1.12. The molecule has 1 aliphatic rings. The highest BCUT2D eigenvalue weighted by Crippen LogP contribution is 2.15. The summed E-state index contributed by atoms with van der Waals surface area (Å²) in [6.07, 6.45) is 5.20. The van der Waals surface area contributed by atoms with Crippen molar-refractivity contribution in [2.75, 3.05) is 44.7 Å². The van der Waals surface area contributed by atoms with E-state index in [1.54, 1.807) is 0 Å². The highest BCUT2D eigenvalue weighted by atomic mass is 32.2. The average Bonchev–Trinajstić information content (AvgIpc) is 2.45. The third kappa shape index (κ3) is 9.91. The van der Waals surface area contributed by atoms with Crippen LogP contribution in [-0.2, 0) is 14.6 Å². The molecule has 7 nitrogen and oxygen atoms in total. The van der Waals surface area contributed by atoms with Gasteiger partial charge in [0.15, 0.2) is 9.84 Å². The molecule has 0 bridgehead atoms. The van der Waals surface area contributed by atoms with Crippen LogP contribution in [0.1, 0.15) is 32.6 Å². The van der Waals surface area contributed by atoms with Crippen molar-refractivity contribution in [2.24, 2.45) is 0 Å². The maximum atomic E-state index is 11.3. The van der Waals surface area contributed by atoms with E-state index in [0.717, 1.165) is 25.8 Å². The lowest BCUT2D eigenvalue weighted by Crippen LogP contribution is -2.41. The molecule has 0 spiro atoms. The number of hydrogen-bond acceptors (Lipinski definition) is 6. The van der Waals surface area contributed by atoms with Gasteiger partial charge in [-0.05, 0) is 45.8 Å². The van der Waals surface area contributed by atoms with Gasteiger partial charge in [-0.15, -0.1) is 0 Å². The summed E-state index contributed by atoms with van der Waals surface area (Å²) < 4.78 is 21.9. The van der Waals surface area contributed by atoms with E-state index in [4.69, 9.17) is 0 Å². The number of rotatable bonds is 10. The Kier molecular flexibility index (Phi) is 9.04. The maximum Gasteiger partial charge on any atom is 0.235 e. The van der Waals surface area contributed by atoms with Crippen molar-refractivity contribution < 1.29 is 18.3 Å². The summed E-state index contributed by atoms with van der Waals surface area (Å²) in [5, 5.41) is 15.3. The molecule has 1 fully saturated rings. The molecule has 1 heterocycles. The van der Waals surface area contributed by atoms with Crippen LogP contribution in [0.5, 0.6) is 0 Å². The van der Waals surface area contributed by atoms with Crippen molar-refractivity contribution in [1.29, 1.82) is 0 Å². The fourth-order valence-electron chi connectivity index (χ4n) is 2.76. The van der Waals surface area contributed by atoms with Gasteiger partial charge in [0.05, 0.1) is 6.10 Å². The molecule has 23 heavy (non-hydrogen) atoms. The number of piperidine rings is 1. The van der Waals surface area contributed by atoms with Crippen molar-refractivity contribution in [2.45, 2.75) is 44.8 Å². The van der Waals surface area contributed by atoms with Gasteiger partial charge in [0.1, 0.15) is 5.75 Å². The molecule has 1 rings (SSSR count). The highest BCUT2D eigenvalue weighted by Gasteiger charge is 2.17. The number of amides is 1. The molecule has 8 heteroatoms. The van der Waals surface area contributed by atoms with Gasteiger partial charge in [0, 0.05) is 25.4 Å². The second-order valence-corrected chi connectivity index (χ2v) is 8.61. The van der Waals surface area contributed by atoms with Gasteiger partial charge in [-0.25, -0.2) is 8.42 Å². The van der Waals surface area contributed by atoms with E-state index >= 15 is 0 Å². The Morgan fingerprint density at radius 2 is 2.09 bits per heavy atom. The molecule has 3 N–H and O–H groups in total. The summed E-state index contributed by atoms with van der Waals surface area (Å²) >= 11 is 0. The summed E-state index contributed by atoms with van der Waals surface area (Å²) in [6.45, 7) is 5.78. The first kappa shape index (κ1) is 20.3. The van der Waals surface area contributed by atoms with E-state index in [1.807, 2.05) is 0 Å². The molecule has 0 aromatic rings. The zero-order valence-electron chi connectivity index (χ0n) is 14.3. The predicted octanol–water partition coefficient (Wildman–Crippen LogP) is -0.638. The van der Waals surface area contributed by atoms with E-state index in [2.05, 4.69) is 22.5 Å². The molecule has 0 radical (unpaired) electrons. The van der Waals surface area contributed by atoms with Crippen molar-refractivity contribution in [3.05, 3.63) is 0 Å². The van der Waals surface area contributed by atoms with Crippen LogP contribution in [-0.4, -0.2) is 81.2 Å². The molecule has 136 valence electrons. The first-order valence-corrected chi connectivity index (χ1v) is 10.4. The minimum absolute atomic E-state index is 0.0600. The van der Waals surface area contributed by atoms with Crippen molar-refractivity contribution in [3.8, 4) is 0 Å². The number of aliphatic hydroxyl groups excluding tert-OH is 1. The smallest absolute Gasteiger partial charge is 0.235 e. The Morgan fingerprint density at radius 3 is 2.74 bits per heavy atom. The maximum absolute atomic E-state index is 11.3. The van der Waals surface area contributed by atoms with Gasteiger partial charge < -0.3 is 20.6 Å². The van der Waals surface area contributed by atoms with Gasteiger partial charge in [-0.3, -0.25) is 4.79 Å². The topological polar surface area (TPSA) is 98.7 Å². The van der Waals surface area contributed by atoms with Crippen LogP contribution < -0.4 is 10.6 Å². The number of nitrogens with zero attached hydrogens (tertiary/aromatic N) is 1. The van der Waals surface area contributed by atoms with E-state index in [-0.39, 0.29) is 6.54 Å². The molecular formula is C15H31N3O4S. The Hall–Kier alpha value is -0.700. The molecule has 0 aromatic heterocycles. The van der Waals surface area contributed by atoms with E-state index < -0.39 is 27.6 Å². The van der Waals surface area contributed by atoms with Crippen LogP contribution >= 0.6 is 0 Å². The first-order chi connectivity index (χ1) is 10.8. The second kappa shape index (κ2) is 10.2. The van der Waals surface area contributed by atoms with Crippen LogP contribution in [0.4, 0.5) is 0 Å². The number of aliphatic hydroxyl groups is 1. The van der Waals surface area contributed by atoms with Gasteiger partial charge in [-0.2, -0.15) is 0 Å². The molecule has 0 aliphatic carbocycles. The van der Waals surface area contributed by atoms with Crippen molar-refractivity contribution >= 4 is 15.7 Å².